The molecule has 192 valence electrons. The molecule has 0 radical (unpaired) electrons. The molecule has 4 aromatic rings. The number of carbonyl (C=O) groups is 3. The number of benzene rings is 3. The Balaban J connectivity index is 1.41. The fourth-order valence-corrected chi connectivity index (χ4v) is 5.09. The number of amides is 3. The summed E-state index contributed by atoms with van der Waals surface area (Å²) in [4.78, 5) is 39.2. The highest BCUT2D eigenvalue weighted by molar-refractivity contribution is 8.00. The summed E-state index contributed by atoms with van der Waals surface area (Å²) >= 11 is 2.87. The van der Waals surface area contributed by atoms with Crippen LogP contribution in [0.4, 0.5) is 11.4 Å². The van der Waals surface area contributed by atoms with Crippen molar-refractivity contribution in [1.82, 2.24) is 5.32 Å². The summed E-state index contributed by atoms with van der Waals surface area (Å²) in [7, 11) is 0. The Hall–Kier alpha value is -4.14. The highest BCUT2D eigenvalue weighted by Gasteiger charge is 2.15. The summed E-state index contributed by atoms with van der Waals surface area (Å²) < 4.78 is 0. The largest absolute Gasteiger partial charge is 0.325 e. The van der Waals surface area contributed by atoms with Crippen LogP contribution in [-0.4, -0.2) is 23.5 Å². The average Bonchev–Trinajstić information content (AvgIpc) is 3.40. The van der Waals surface area contributed by atoms with Gasteiger partial charge in [-0.2, -0.15) is 11.3 Å². The van der Waals surface area contributed by atoms with Crippen molar-refractivity contribution in [2.45, 2.75) is 18.7 Å². The molecule has 3 N–H and O–H groups in total. The molecule has 1 aromatic heterocycles. The Morgan fingerprint density at radius 1 is 0.842 bits per heavy atom. The van der Waals surface area contributed by atoms with Gasteiger partial charge in [0, 0.05) is 21.8 Å². The zero-order valence-corrected chi connectivity index (χ0v) is 22.6. The van der Waals surface area contributed by atoms with Gasteiger partial charge in [-0.05, 0) is 95.9 Å². The average molecular weight is 542 g/mol. The summed E-state index contributed by atoms with van der Waals surface area (Å²) in [6.07, 6.45) is 1.64. The van der Waals surface area contributed by atoms with Crippen molar-refractivity contribution < 1.29 is 14.4 Å². The van der Waals surface area contributed by atoms with Crippen molar-refractivity contribution in [1.29, 1.82) is 0 Å². The SMILES string of the molecule is Cc1cc(C)cc(NC(=O)CSc2cccc(NC(=O)/C(=C/c3ccsc3)NC(=O)c3ccccc3)c2)c1. The highest BCUT2D eigenvalue weighted by Crippen LogP contribution is 2.23. The Kier molecular flexibility index (Phi) is 9.13. The van der Waals surface area contributed by atoms with E-state index >= 15 is 0 Å². The van der Waals surface area contributed by atoms with Crippen molar-refractivity contribution in [2.24, 2.45) is 0 Å². The summed E-state index contributed by atoms with van der Waals surface area (Å²) in [6.45, 7) is 3.98. The maximum Gasteiger partial charge on any atom is 0.272 e. The first-order valence-corrected chi connectivity index (χ1v) is 13.8. The predicted molar refractivity (Wildman–Crippen MR) is 157 cm³/mol. The summed E-state index contributed by atoms with van der Waals surface area (Å²) in [5.74, 6) is -0.712. The van der Waals surface area contributed by atoms with Gasteiger partial charge in [0.1, 0.15) is 5.70 Å². The molecule has 6 nitrogen and oxygen atoms in total. The topological polar surface area (TPSA) is 87.3 Å². The molecule has 1 heterocycles. The van der Waals surface area contributed by atoms with Crippen LogP contribution < -0.4 is 16.0 Å². The molecule has 0 aliphatic heterocycles. The minimum absolute atomic E-state index is 0.112. The molecule has 0 saturated heterocycles. The van der Waals surface area contributed by atoms with Crippen LogP contribution >= 0.6 is 23.1 Å². The van der Waals surface area contributed by atoms with E-state index in [9.17, 15) is 14.4 Å². The monoisotopic (exact) mass is 541 g/mol. The number of hydrogen-bond donors (Lipinski definition) is 3. The second kappa shape index (κ2) is 12.9. The summed E-state index contributed by atoms with van der Waals surface area (Å²) in [5.41, 5.74) is 4.90. The number of hydrogen-bond acceptors (Lipinski definition) is 5. The zero-order chi connectivity index (χ0) is 26.9. The van der Waals surface area contributed by atoms with Crippen LogP contribution in [0.15, 0.2) is 100 Å². The maximum absolute atomic E-state index is 13.2. The normalized spacial score (nSPS) is 11.1. The molecule has 0 spiro atoms. The molecule has 0 saturated carbocycles. The van der Waals surface area contributed by atoms with Crippen LogP contribution in [-0.2, 0) is 9.59 Å². The molecule has 0 bridgehead atoms. The van der Waals surface area contributed by atoms with Gasteiger partial charge in [-0.25, -0.2) is 0 Å². The molecule has 3 amide bonds. The third-order valence-corrected chi connectivity index (χ3v) is 7.05. The number of aryl methyl sites for hydroxylation is 2. The van der Waals surface area contributed by atoms with Crippen LogP contribution in [0.2, 0.25) is 0 Å². The molecule has 0 unspecified atom stereocenters. The quantitative estimate of drug-likeness (QED) is 0.167. The zero-order valence-electron chi connectivity index (χ0n) is 21.0. The van der Waals surface area contributed by atoms with Crippen molar-refractivity contribution in [3.63, 3.8) is 0 Å². The van der Waals surface area contributed by atoms with Crippen molar-refractivity contribution in [3.05, 3.63) is 118 Å². The van der Waals surface area contributed by atoms with Crippen LogP contribution in [0.5, 0.6) is 0 Å². The van der Waals surface area contributed by atoms with Crippen molar-refractivity contribution in [3.8, 4) is 0 Å². The standard InChI is InChI=1S/C30H27N3O3S2/c1-20-13-21(2)15-25(14-20)31-28(34)19-38-26-10-6-9-24(17-26)32-30(36)27(16-22-11-12-37-18-22)33-29(35)23-7-4-3-5-8-23/h3-18H,19H2,1-2H3,(H,31,34)(H,32,36)(H,33,35)/b27-16-. The van der Waals surface area contributed by atoms with E-state index in [-0.39, 0.29) is 23.3 Å². The molecule has 0 fully saturated rings. The Morgan fingerprint density at radius 3 is 2.32 bits per heavy atom. The summed E-state index contributed by atoms with van der Waals surface area (Å²) in [5, 5.41) is 12.3. The lowest BCUT2D eigenvalue weighted by Crippen LogP contribution is -2.30. The molecule has 4 rings (SSSR count). The Bertz CT molecular complexity index is 1450. The van der Waals surface area contributed by atoms with Gasteiger partial charge in [0.05, 0.1) is 5.75 Å². The van der Waals surface area contributed by atoms with Gasteiger partial charge in [-0.3, -0.25) is 14.4 Å². The number of rotatable bonds is 9. The fraction of sp³-hybridized carbons (Fsp3) is 0.100. The highest BCUT2D eigenvalue weighted by atomic mass is 32.2. The Morgan fingerprint density at radius 2 is 1.61 bits per heavy atom. The van der Waals surface area contributed by atoms with Crippen molar-refractivity contribution in [2.75, 3.05) is 16.4 Å². The molecule has 3 aromatic carbocycles. The van der Waals surface area contributed by atoms with Gasteiger partial charge in [0.2, 0.25) is 5.91 Å². The van der Waals surface area contributed by atoms with E-state index in [4.69, 9.17) is 0 Å². The van der Waals surface area contributed by atoms with E-state index in [2.05, 4.69) is 22.0 Å². The predicted octanol–water partition coefficient (Wildman–Crippen LogP) is 6.51. The molecule has 8 heteroatoms. The minimum atomic E-state index is -0.449. The molecule has 0 aliphatic carbocycles. The number of thioether (sulfide) groups is 1. The molecule has 38 heavy (non-hydrogen) atoms. The van der Waals surface area contributed by atoms with Gasteiger partial charge >= 0.3 is 0 Å². The molecule has 0 atom stereocenters. The van der Waals surface area contributed by atoms with Crippen LogP contribution in [0.25, 0.3) is 6.08 Å². The smallest absolute Gasteiger partial charge is 0.272 e. The van der Waals surface area contributed by atoms with E-state index in [1.165, 1.54) is 23.1 Å². The fourth-order valence-electron chi connectivity index (χ4n) is 3.72. The Labute approximate surface area is 230 Å². The first-order chi connectivity index (χ1) is 18.4. The maximum atomic E-state index is 13.2. The van der Waals surface area contributed by atoms with Gasteiger partial charge in [0.25, 0.3) is 11.8 Å². The van der Waals surface area contributed by atoms with E-state index in [1.807, 2.05) is 61.0 Å². The van der Waals surface area contributed by atoms with Crippen molar-refractivity contribution >= 4 is 58.3 Å². The molecule has 0 aliphatic rings. The first-order valence-electron chi connectivity index (χ1n) is 11.9. The third-order valence-electron chi connectivity index (χ3n) is 5.35. The van der Waals surface area contributed by atoms with Crippen LogP contribution in [0.1, 0.15) is 27.0 Å². The first kappa shape index (κ1) is 26.9. The third kappa shape index (κ3) is 7.93. The van der Waals surface area contributed by atoms with E-state index in [0.717, 1.165) is 27.3 Å². The van der Waals surface area contributed by atoms with Crippen LogP contribution in [0.3, 0.4) is 0 Å². The van der Waals surface area contributed by atoms with E-state index in [0.29, 0.717) is 11.3 Å². The molecular formula is C30H27N3O3S2. The molecular weight excluding hydrogens is 514 g/mol. The minimum Gasteiger partial charge on any atom is -0.325 e. The number of nitrogens with one attached hydrogen (secondary N) is 3. The van der Waals surface area contributed by atoms with Gasteiger partial charge in [-0.15, -0.1) is 11.8 Å². The van der Waals surface area contributed by atoms with E-state index in [1.54, 1.807) is 42.5 Å². The lowest BCUT2D eigenvalue weighted by molar-refractivity contribution is -0.114. The van der Waals surface area contributed by atoms with Gasteiger partial charge in [0.15, 0.2) is 0 Å². The van der Waals surface area contributed by atoms with Gasteiger partial charge < -0.3 is 16.0 Å². The van der Waals surface area contributed by atoms with Crippen LogP contribution in [0, 0.1) is 13.8 Å². The van der Waals surface area contributed by atoms with E-state index < -0.39 is 5.91 Å². The number of thiophene rings is 1. The lowest BCUT2D eigenvalue weighted by Gasteiger charge is -2.12. The second-order valence-corrected chi connectivity index (χ2v) is 10.5. The second-order valence-electron chi connectivity index (χ2n) is 8.63. The number of carbonyl (C=O) groups excluding carboxylic acids is 3. The van der Waals surface area contributed by atoms with Gasteiger partial charge in [-0.1, -0.05) is 30.3 Å². The number of anilines is 2. The summed E-state index contributed by atoms with van der Waals surface area (Å²) in [6, 6.07) is 23.8. The lowest BCUT2D eigenvalue weighted by atomic mass is 10.1.